The molecule has 2 atom stereocenters. The lowest BCUT2D eigenvalue weighted by atomic mass is 9.88. The molecule has 4 N–H and O–H groups in total. The van der Waals surface area contributed by atoms with E-state index in [4.69, 9.17) is 5.73 Å². The summed E-state index contributed by atoms with van der Waals surface area (Å²) < 4.78 is 15.5. The third-order valence-corrected chi connectivity index (χ3v) is 6.55. The van der Waals surface area contributed by atoms with Crippen molar-refractivity contribution in [1.29, 1.82) is 0 Å². The van der Waals surface area contributed by atoms with Gasteiger partial charge in [0.25, 0.3) is 11.7 Å². The highest BCUT2D eigenvalue weighted by molar-refractivity contribution is 5.98. The second-order valence-electron chi connectivity index (χ2n) is 8.88. The molecule has 1 amide bonds. The first-order valence-corrected chi connectivity index (χ1v) is 10.9. The minimum atomic E-state index is -0.740. The van der Waals surface area contributed by atoms with Crippen LogP contribution in [0.3, 0.4) is 0 Å². The number of carbonyl (C=O) groups excluding carboxylic acids is 1. The van der Waals surface area contributed by atoms with Crippen LogP contribution in [0.4, 0.5) is 21.7 Å². The van der Waals surface area contributed by atoms with Crippen molar-refractivity contribution in [2.24, 2.45) is 5.73 Å². The maximum absolute atomic E-state index is 15.3. The van der Waals surface area contributed by atoms with E-state index in [0.29, 0.717) is 5.69 Å². The Hall–Kier alpha value is -3.10. The highest BCUT2D eigenvalue weighted by atomic mass is 19.1. The molecule has 1 aliphatic carbocycles. The SMILES string of the molecule is CNC1CCCCC1[N+](C)(C)c1nc(Nc2cnc3ccccc3c2)c(C(N)=O)cc1F. The van der Waals surface area contributed by atoms with Crippen molar-refractivity contribution in [2.45, 2.75) is 37.8 Å². The molecule has 0 bridgehead atoms. The van der Waals surface area contributed by atoms with Crippen LogP contribution in [0.15, 0.2) is 42.6 Å². The molecule has 0 radical (unpaired) electrons. The lowest BCUT2D eigenvalue weighted by Crippen LogP contribution is -2.60. The second kappa shape index (κ2) is 8.80. The number of nitrogens with one attached hydrogen (secondary N) is 2. The highest BCUT2D eigenvalue weighted by Gasteiger charge is 2.41. The number of aromatic nitrogens is 2. The van der Waals surface area contributed by atoms with Crippen LogP contribution in [-0.2, 0) is 0 Å². The summed E-state index contributed by atoms with van der Waals surface area (Å²) >= 11 is 0. The van der Waals surface area contributed by atoms with Crippen molar-refractivity contribution in [3.8, 4) is 0 Å². The van der Waals surface area contributed by atoms with Crippen LogP contribution in [0.25, 0.3) is 10.9 Å². The molecule has 168 valence electrons. The van der Waals surface area contributed by atoms with Crippen molar-refractivity contribution in [1.82, 2.24) is 19.8 Å². The number of nitrogens with zero attached hydrogens (tertiary/aromatic N) is 3. The maximum Gasteiger partial charge on any atom is 0.265 e. The van der Waals surface area contributed by atoms with E-state index in [1.807, 2.05) is 51.5 Å². The molecular weight excluding hydrogens is 407 g/mol. The van der Waals surface area contributed by atoms with Gasteiger partial charge >= 0.3 is 0 Å². The summed E-state index contributed by atoms with van der Waals surface area (Å²) in [4.78, 5) is 21.1. The van der Waals surface area contributed by atoms with Gasteiger partial charge in [0.05, 0.1) is 43.1 Å². The quantitative estimate of drug-likeness (QED) is 0.511. The lowest BCUT2D eigenvalue weighted by Gasteiger charge is -2.43. The van der Waals surface area contributed by atoms with Crippen LogP contribution in [0, 0.1) is 5.82 Å². The summed E-state index contributed by atoms with van der Waals surface area (Å²) in [6.07, 6.45) is 5.92. The van der Waals surface area contributed by atoms with Crippen LogP contribution in [0.5, 0.6) is 0 Å². The fraction of sp³-hybridized carbons (Fsp3) is 0.375. The molecule has 0 aliphatic heterocycles. The lowest BCUT2D eigenvalue weighted by molar-refractivity contribution is 0.1000. The van der Waals surface area contributed by atoms with E-state index in [-0.39, 0.29) is 33.8 Å². The van der Waals surface area contributed by atoms with Gasteiger partial charge in [0.15, 0.2) is 0 Å². The van der Waals surface area contributed by atoms with Gasteiger partial charge in [-0.05, 0) is 38.1 Å². The van der Waals surface area contributed by atoms with Gasteiger partial charge in [0, 0.05) is 11.8 Å². The molecule has 0 spiro atoms. The summed E-state index contributed by atoms with van der Waals surface area (Å²) in [5.41, 5.74) is 7.07. The van der Waals surface area contributed by atoms with E-state index in [1.54, 1.807) is 6.20 Å². The van der Waals surface area contributed by atoms with Crippen LogP contribution in [0.2, 0.25) is 0 Å². The predicted octanol–water partition coefficient (Wildman–Crippen LogP) is 3.71. The van der Waals surface area contributed by atoms with E-state index < -0.39 is 11.7 Å². The third kappa shape index (κ3) is 4.16. The Bertz CT molecular complexity index is 1150. The fourth-order valence-corrected chi connectivity index (χ4v) is 4.82. The van der Waals surface area contributed by atoms with Crippen LogP contribution < -0.4 is 20.9 Å². The van der Waals surface area contributed by atoms with Crippen LogP contribution in [0.1, 0.15) is 36.0 Å². The van der Waals surface area contributed by atoms with Crippen molar-refractivity contribution in [3.63, 3.8) is 0 Å². The van der Waals surface area contributed by atoms with E-state index in [2.05, 4.69) is 20.6 Å². The minimum Gasteiger partial charge on any atom is -0.365 e. The van der Waals surface area contributed by atoms with E-state index in [9.17, 15) is 4.79 Å². The molecule has 2 unspecified atom stereocenters. The van der Waals surface area contributed by atoms with Gasteiger partial charge in [-0.3, -0.25) is 14.3 Å². The molecule has 2 aromatic heterocycles. The van der Waals surface area contributed by atoms with Gasteiger partial charge in [-0.15, -0.1) is 0 Å². The molecule has 7 nitrogen and oxygen atoms in total. The molecule has 32 heavy (non-hydrogen) atoms. The molecule has 1 aromatic carbocycles. The predicted molar refractivity (Wildman–Crippen MR) is 126 cm³/mol. The number of nitrogens with two attached hydrogens (primary N) is 1. The van der Waals surface area contributed by atoms with Gasteiger partial charge in [-0.25, -0.2) is 0 Å². The number of anilines is 2. The van der Waals surface area contributed by atoms with Crippen LogP contribution in [-0.4, -0.2) is 49.1 Å². The highest BCUT2D eigenvalue weighted by Crippen LogP contribution is 2.34. The van der Waals surface area contributed by atoms with Crippen molar-refractivity contribution in [2.75, 3.05) is 26.5 Å². The number of likely N-dealkylation sites (N-methyl/N-ethyl adjacent to an activating group) is 2. The molecule has 0 saturated heterocycles. The zero-order valence-corrected chi connectivity index (χ0v) is 18.7. The molecular formula is C24H30FN6O+. The number of hydrogen-bond donors (Lipinski definition) is 3. The first-order valence-electron chi connectivity index (χ1n) is 10.9. The maximum atomic E-state index is 15.3. The number of halogens is 1. The topological polar surface area (TPSA) is 92.9 Å². The first-order chi connectivity index (χ1) is 15.3. The number of primary amides is 1. The number of hydrogen-bond acceptors (Lipinski definition) is 5. The van der Waals surface area contributed by atoms with Gasteiger partial charge in [-0.1, -0.05) is 24.6 Å². The second-order valence-corrected chi connectivity index (χ2v) is 8.88. The first kappa shape index (κ1) is 22.1. The van der Waals surface area contributed by atoms with Gasteiger partial charge in [-0.2, -0.15) is 9.37 Å². The largest absolute Gasteiger partial charge is 0.365 e. The summed E-state index contributed by atoms with van der Waals surface area (Å²) in [7, 11) is 5.89. The Morgan fingerprint density at radius 1 is 1.19 bits per heavy atom. The number of fused-ring (bicyclic) bond motifs is 1. The zero-order valence-electron chi connectivity index (χ0n) is 18.7. The Morgan fingerprint density at radius 2 is 1.94 bits per heavy atom. The van der Waals surface area contributed by atoms with Gasteiger partial charge in [0.1, 0.15) is 11.9 Å². The summed E-state index contributed by atoms with van der Waals surface area (Å²) in [6, 6.07) is 11.2. The van der Waals surface area contributed by atoms with Crippen molar-refractivity contribution < 1.29 is 9.18 Å². The van der Waals surface area contributed by atoms with Crippen LogP contribution >= 0.6 is 0 Å². The van der Waals surface area contributed by atoms with Crippen molar-refractivity contribution in [3.05, 3.63) is 54.0 Å². The monoisotopic (exact) mass is 437 g/mol. The summed E-state index contributed by atoms with van der Waals surface area (Å²) in [6.45, 7) is 0. The minimum absolute atomic E-state index is 0.00761. The number of benzene rings is 1. The summed E-state index contributed by atoms with van der Waals surface area (Å²) in [5, 5.41) is 7.47. The van der Waals surface area contributed by atoms with E-state index in [1.165, 1.54) is 6.07 Å². The molecule has 1 fully saturated rings. The van der Waals surface area contributed by atoms with E-state index >= 15 is 4.39 Å². The summed E-state index contributed by atoms with van der Waals surface area (Å²) in [5.74, 6) is -0.769. The number of amides is 1. The standard InChI is InChI=1S/C24H29FN6O/c1-27-20-10-6-7-11-21(20)31(2,3)24-18(25)13-17(22(26)32)23(30-24)29-16-12-15-8-4-5-9-19(15)28-14-16/h4-5,8-9,12-14,20-21,27H,6-7,10-11H2,1-3H3,(H2-,26,29,30,32)/p+1. The molecule has 3 aromatic rings. The van der Waals surface area contributed by atoms with Gasteiger partial charge in [0.2, 0.25) is 5.82 Å². The third-order valence-electron chi connectivity index (χ3n) is 6.55. The average molecular weight is 438 g/mol. The Kier molecular flexibility index (Phi) is 6.08. The number of rotatable bonds is 6. The number of pyridine rings is 2. The smallest absolute Gasteiger partial charge is 0.265 e. The molecule has 1 aliphatic rings. The number of quaternary nitrogens is 1. The molecule has 4 rings (SSSR count). The van der Waals surface area contributed by atoms with E-state index in [0.717, 1.165) is 36.6 Å². The normalized spacial score (nSPS) is 19.1. The van der Waals surface area contributed by atoms with Gasteiger partial charge < -0.3 is 16.4 Å². The number of carbonyl (C=O) groups is 1. The number of para-hydroxylation sites is 1. The fourth-order valence-electron chi connectivity index (χ4n) is 4.82. The average Bonchev–Trinajstić information content (AvgIpc) is 2.79. The van der Waals surface area contributed by atoms with Crippen molar-refractivity contribution >= 4 is 34.1 Å². The molecule has 2 heterocycles. The zero-order chi connectivity index (χ0) is 22.9. The molecule has 8 heteroatoms. The Morgan fingerprint density at radius 3 is 2.69 bits per heavy atom. The Balaban J connectivity index is 1.76. The molecule has 1 saturated carbocycles. The Labute approximate surface area is 187 Å².